The molecule has 1 atom stereocenters. The van der Waals surface area contributed by atoms with Gasteiger partial charge in [0.2, 0.25) is 12.0 Å². The van der Waals surface area contributed by atoms with Crippen molar-refractivity contribution in [3.05, 3.63) is 52.7 Å². The molecule has 0 spiro atoms. The molecule has 1 N–H and O–H groups in total. The van der Waals surface area contributed by atoms with Gasteiger partial charge in [-0.2, -0.15) is 13.2 Å². The van der Waals surface area contributed by atoms with E-state index in [0.717, 1.165) is 23.4 Å². The second kappa shape index (κ2) is 6.27. The highest BCUT2D eigenvalue weighted by molar-refractivity contribution is 7.18. The van der Waals surface area contributed by atoms with Crippen LogP contribution in [0.5, 0.6) is 5.88 Å². The number of nitrogens with zero attached hydrogens (tertiary/aromatic N) is 2. The molecule has 0 saturated heterocycles. The van der Waals surface area contributed by atoms with Gasteiger partial charge in [0.05, 0.1) is 5.39 Å². The van der Waals surface area contributed by atoms with Crippen molar-refractivity contribution in [2.24, 2.45) is 0 Å². The van der Waals surface area contributed by atoms with Crippen LogP contribution in [0, 0.1) is 0 Å². The van der Waals surface area contributed by atoms with Gasteiger partial charge in [-0.3, -0.25) is 0 Å². The van der Waals surface area contributed by atoms with Crippen molar-refractivity contribution in [3.63, 3.8) is 0 Å². The summed E-state index contributed by atoms with van der Waals surface area (Å²) in [4.78, 5) is 9.96. The predicted molar refractivity (Wildman–Crippen MR) is 88.7 cm³/mol. The quantitative estimate of drug-likeness (QED) is 0.762. The maximum atomic E-state index is 13.6. The van der Waals surface area contributed by atoms with E-state index in [9.17, 15) is 13.2 Å². The van der Waals surface area contributed by atoms with Gasteiger partial charge in [0.15, 0.2) is 0 Å². The molecular formula is C17H14F3N3OS. The molecule has 0 amide bonds. The molecule has 0 bridgehead atoms. The van der Waals surface area contributed by atoms with Gasteiger partial charge < -0.3 is 10.1 Å². The van der Waals surface area contributed by atoms with Crippen LogP contribution >= 0.6 is 11.3 Å². The lowest BCUT2D eigenvalue weighted by molar-refractivity contribution is -0.198. The molecule has 1 aliphatic heterocycles. The summed E-state index contributed by atoms with van der Waals surface area (Å²) in [6, 6.07) is 7.60. The fourth-order valence-corrected chi connectivity index (χ4v) is 4.13. The average molecular weight is 365 g/mol. The van der Waals surface area contributed by atoms with Crippen molar-refractivity contribution in [3.8, 4) is 5.88 Å². The Kier molecular flexibility index (Phi) is 4.09. The largest absolute Gasteiger partial charge is 0.459 e. The summed E-state index contributed by atoms with van der Waals surface area (Å²) in [6.07, 6.45) is -4.63. The minimum absolute atomic E-state index is 0.00409. The Balaban J connectivity index is 1.80. The number of hydrogen-bond donors (Lipinski definition) is 1. The molecule has 0 radical (unpaired) electrons. The molecule has 0 saturated carbocycles. The summed E-state index contributed by atoms with van der Waals surface area (Å²) < 4.78 is 46.2. The van der Waals surface area contributed by atoms with Crippen LogP contribution < -0.4 is 10.1 Å². The van der Waals surface area contributed by atoms with Crippen LogP contribution in [0.25, 0.3) is 10.2 Å². The normalized spacial score (nSPS) is 15.8. The van der Waals surface area contributed by atoms with Crippen LogP contribution in [0.4, 0.5) is 13.2 Å². The number of alkyl halides is 3. The van der Waals surface area contributed by atoms with E-state index in [2.05, 4.69) is 15.3 Å². The minimum Gasteiger partial charge on any atom is -0.459 e. The van der Waals surface area contributed by atoms with E-state index >= 15 is 0 Å². The van der Waals surface area contributed by atoms with Gasteiger partial charge in [-0.1, -0.05) is 30.3 Å². The molecule has 130 valence electrons. The third-order valence-electron chi connectivity index (χ3n) is 4.10. The Morgan fingerprint density at radius 3 is 2.72 bits per heavy atom. The highest BCUT2D eigenvalue weighted by atomic mass is 32.1. The van der Waals surface area contributed by atoms with Crippen LogP contribution in [-0.4, -0.2) is 22.7 Å². The molecule has 25 heavy (non-hydrogen) atoms. The van der Waals surface area contributed by atoms with E-state index in [0.29, 0.717) is 16.8 Å². The zero-order valence-corrected chi connectivity index (χ0v) is 13.8. The van der Waals surface area contributed by atoms with Crippen molar-refractivity contribution in [1.82, 2.24) is 15.3 Å². The number of nitrogens with one attached hydrogen (secondary N) is 1. The molecule has 3 heterocycles. The lowest BCUT2D eigenvalue weighted by Crippen LogP contribution is -2.26. The Hall–Kier alpha value is -2.19. The van der Waals surface area contributed by atoms with Crippen molar-refractivity contribution in [2.45, 2.75) is 25.2 Å². The monoisotopic (exact) mass is 365 g/mol. The van der Waals surface area contributed by atoms with E-state index in [1.165, 1.54) is 29.8 Å². The number of rotatable bonds is 3. The molecule has 4 nitrogen and oxygen atoms in total. The third kappa shape index (κ3) is 3.07. The first-order valence-electron chi connectivity index (χ1n) is 7.78. The summed E-state index contributed by atoms with van der Waals surface area (Å²) in [6.45, 7) is 1.46. The fraction of sp³-hybridized carbons (Fsp3) is 0.294. The van der Waals surface area contributed by atoms with Crippen LogP contribution in [0.1, 0.15) is 22.1 Å². The Bertz CT molecular complexity index is 895. The first kappa shape index (κ1) is 16.3. The van der Waals surface area contributed by atoms with Crippen LogP contribution in [0.15, 0.2) is 36.7 Å². The molecular weight excluding hydrogens is 351 g/mol. The van der Waals surface area contributed by atoms with Crippen LogP contribution in [0.3, 0.4) is 0 Å². The fourth-order valence-electron chi connectivity index (χ4n) is 2.98. The highest BCUT2D eigenvalue weighted by Crippen LogP contribution is 2.41. The van der Waals surface area contributed by atoms with Crippen LogP contribution in [0.2, 0.25) is 0 Å². The first-order valence-corrected chi connectivity index (χ1v) is 8.60. The number of aromatic nitrogens is 2. The van der Waals surface area contributed by atoms with E-state index in [1.54, 1.807) is 18.2 Å². The lowest BCUT2D eigenvalue weighted by atomic mass is 10.1. The smallest absolute Gasteiger partial charge is 0.429 e. The minimum atomic E-state index is -4.55. The number of fused-ring (bicyclic) bond motifs is 3. The SMILES string of the molecule is FC(F)(F)[C@@H](Oc1ncnc2sc3c(c12)CCNC3)c1ccccc1. The van der Waals surface area contributed by atoms with Crippen molar-refractivity contribution in [2.75, 3.05) is 6.54 Å². The number of thiophene rings is 1. The van der Waals surface area contributed by atoms with Gasteiger partial charge in [-0.05, 0) is 18.5 Å². The summed E-state index contributed by atoms with van der Waals surface area (Å²) in [7, 11) is 0. The third-order valence-corrected chi connectivity index (χ3v) is 5.24. The summed E-state index contributed by atoms with van der Waals surface area (Å²) >= 11 is 1.47. The highest BCUT2D eigenvalue weighted by Gasteiger charge is 2.43. The predicted octanol–water partition coefficient (Wildman–Crippen LogP) is 4.02. The first-order chi connectivity index (χ1) is 12.0. The molecule has 0 unspecified atom stereocenters. The summed E-state index contributed by atoms with van der Waals surface area (Å²) in [5.74, 6) is -0.00409. The standard InChI is InChI=1S/C17H14F3N3OS/c18-17(19,20)14(10-4-2-1-3-5-10)24-15-13-11-6-7-21-8-12(11)25-16(13)23-9-22-15/h1-5,9,14,21H,6-8H2/t14-/m0/s1. The molecule has 0 fully saturated rings. The van der Waals surface area contributed by atoms with E-state index in [-0.39, 0.29) is 11.4 Å². The maximum absolute atomic E-state index is 13.6. The van der Waals surface area contributed by atoms with Crippen molar-refractivity contribution in [1.29, 1.82) is 0 Å². The van der Waals surface area contributed by atoms with Gasteiger partial charge in [0, 0.05) is 17.0 Å². The van der Waals surface area contributed by atoms with Gasteiger partial charge >= 0.3 is 6.18 Å². The van der Waals surface area contributed by atoms with E-state index in [1.807, 2.05) is 0 Å². The number of benzene rings is 1. The second-order valence-corrected chi connectivity index (χ2v) is 6.82. The van der Waals surface area contributed by atoms with Crippen molar-refractivity contribution < 1.29 is 17.9 Å². The molecule has 8 heteroatoms. The number of ether oxygens (including phenoxy) is 1. The Labute approximate surface area is 145 Å². The molecule has 1 aliphatic rings. The van der Waals surface area contributed by atoms with Crippen molar-refractivity contribution >= 4 is 21.6 Å². The molecule has 3 aromatic rings. The topological polar surface area (TPSA) is 47.0 Å². The van der Waals surface area contributed by atoms with Gasteiger partial charge in [0.1, 0.15) is 11.2 Å². The lowest BCUT2D eigenvalue weighted by Gasteiger charge is -2.22. The number of halogens is 3. The second-order valence-electron chi connectivity index (χ2n) is 5.74. The van der Waals surface area contributed by atoms with Gasteiger partial charge in [-0.15, -0.1) is 11.3 Å². The van der Waals surface area contributed by atoms with Crippen LogP contribution in [-0.2, 0) is 13.0 Å². The Morgan fingerprint density at radius 1 is 1.16 bits per heavy atom. The zero-order valence-electron chi connectivity index (χ0n) is 13.0. The number of hydrogen-bond acceptors (Lipinski definition) is 5. The molecule has 2 aromatic heterocycles. The summed E-state index contributed by atoms with van der Waals surface area (Å²) in [5.41, 5.74) is 1.04. The van der Waals surface area contributed by atoms with E-state index < -0.39 is 12.3 Å². The Morgan fingerprint density at radius 2 is 1.96 bits per heavy atom. The van der Waals surface area contributed by atoms with Gasteiger partial charge in [-0.25, -0.2) is 9.97 Å². The molecule has 4 rings (SSSR count). The van der Waals surface area contributed by atoms with E-state index in [4.69, 9.17) is 4.74 Å². The maximum Gasteiger partial charge on any atom is 0.429 e. The molecule has 0 aliphatic carbocycles. The zero-order chi connectivity index (χ0) is 17.4. The summed E-state index contributed by atoms with van der Waals surface area (Å²) in [5, 5.41) is 3.86. The van der Waals surface area contributed by atoms with Gasteiger partial charge in [0.25, 0.3) is 0 Å². The molecule has 1 aromatic carbocycles. The average Bonchev–Trinajstić information content (AvgIpc) is 2.98.